The molecule has 0 saturated carbocycles. The Morgan fingerprint density at radius 2 is 0.762 bits per heavy atom. The largest absolute Gasteiger partial charge is 2.00 e. The second-order valence-corrected chi connectivity index (χ2v) is 3.76. The molecule has 13 heteroatoms. The minimum absolute atomic E-state index is 0. The van der Waals surface area contributed by atoms with Gasteiger partial charge in [0.1, 0.15) is 4.91 Å². The van der Waals surface area contributed by atoms with Crippen molar-refractivity contribution in [2.24, 2.45) is 0 Å². The van der Waals surface area contributed by atoms with Gasteiger partial charge in [0.15, 0.2) is 0 Å². The Morgan fingerprint density at radius 3 is 0.762 bits per heavy atom. The van der Waals surface area contributed by atoms with Crippen molar-refractivity contribution >= 4 is 0 Å². The molecular formula is C8H22CuN3O9+. The van der Waals surface area contributed by atoms with E-state index in [4.69, 9.17) is 57.4 Å². The van der Waals surface area contributed by atoms with Gasteiger partial charge in [-0.05, 0) is 0 Å². The van der Waals surface area contributed by atoms with Gasteiger partial charge in [0.05, 0.1) is 0 Å². The van der Waals surface area contributed by atoms with Crippen molar-refractivity contribution in [3.05, 3.63) is 16.4 Å². The van der Waals surface area contributed by atoms with Crippen molar-refractivity contribution in [1.29, 1.82) is 0 Å². The molecule has 10 N–H and O–H groups in total. The normalized spacial score (nSPS) is 10.3. The summed E-state index contributed by atoms with van der Waals surface area (Å²) in [6.07, 6.45) is 0. The molecule has 0 fully saturated rings. The maximum Gasteiger partial charge on any atom is 2.00 e. The van der Waals surface area contributed by atoms with Gasteiger partial charge in [-0.1, -0.05) is 11.1 Å². The summed E-state index contributed by atoms with van der Waals surface area (Å²) in [4.78, 5) is 8.47. The maximum atomic E-state index is 8.47. The number of rotatable bonds is 6. The molecule has 0 unspecified atom stereocenters. The molecule has 0 saturated heterocycles. The van der Waals surface area contributed by atoms with E-state index in [1.54, 1.807) is 0 Å². The van der Waals surface area contributed by atoms with Crippen LogP contribution < -0.4 is 0 Å². The fraction of sp³-hybridized carbons (Fsp3) is 1.00. The Kier molecular flexibility index (Phi) is 21.5. The zero-order valence-electron chi connectivity index (χ0n) is 11.0. The monoisotopic (exact) mass is 367 g/mol. The number of nitrogens with zero attached hydrogens (tertiary/aromatic N) is 1. The predicted octanol–water partition coefficient (Wildman–Crippen LogP) is -2.95. The van der Waals surface area contributed by atoms with Crippen LogP contribution >= 0.6 is 0 Å². The van der Waals surface area contributed by atoms with Crippen LogP contribution in [-0.4, -0.2) is 96.9 Å². The van der Waals surface area contributed by atoms with Gasteiger partial charge in [0.2, 0.25) is 0 Å². The molecule has 0 rings (SSSR count). The van der Waals surface area contributed by atoms with Gasteiger partial charge in [-0.15, -0.1) is 0 Å². The molecule has 0 aromatic carbocycles. The summed E-state index contributed by atoms with van der Waals surface area (Å²) < 4.78 is 0. The Bertz CT molecular complexity index is 201. The first-order chi connectivity index (χ1) is 9.10. The van der Waals surface area contributed by atoms with Crippen molar-refractivity contribution in [1.82, 2.24) is 0 Å². The average molecular weight is 368 g/mol. The van der Waals surface area contributed by atoms with E-state index in [-0.39, 0.29) is 17.1 Å². The van der Waals surface area contributed by atoms with Gasteiger partial charge in [0.25, 0.3) is 0 Å². The standard InChI is InChI=1S/2C4H10NO3.Cu.H2NO3/c2*5-4(1-6,2-7)3-8;;2-1(3)4/h2*5-8H,1-3H2;;(H2,2,3,4)/q2*-1;+2;+1. The molecule has 0 aliphatic heterocycles. The van der Waals surface area contributed by atoms with E-state index >= 15 is 0 Å². The topological polar surface area (TPSA) is 230 Å². The quantitative estimate of drug-likeness (QED) is 0.177. The smallest absolute Gasteiger partial charge is 0.666 e. The summed E-state index contributed by atoms with van der Waals surface area (Å²) in [5.41, 5.74) is 10.9. The van der Waals surface area contributed by atoms with Gasteiger partial charge in [-0.25, -0.2) is 10.4 Å². The molecule has 0 aromatic rings. The second-order valence-electron chi connectivity index (χ2n) is 3.76. The summed E-state index contributed by atoms with van der Waals surface area (Å²) in [5.74, 6) is 0. The van der Waals surface area contributed by atoms with Crippen LogP contribution in [0.4, 0.5) is 0 Å². The SMILES string of the molecule is O=[N+](O)O.[Cu+2].[NH-]C(CO)(CO)CO.[NH-]C(CO)(CO)CO. The average Bonchev–Trinajstić information content (AvgIpc) is 2.45. The first-order valence-corrected chi connectivity index (χ1v) is 5.10. The molecule has 0 amide bonds. The second kappa shape index (κ2) is 15.8. The van der Waals surface area contributed by atoms with Crippen molar-refractivity contribution in [2.75, 3.05) is 39.6 Å². The van der Waals surface area contributed by atoms with Crippen molar-refractivity contribution < 1.29 is 63.2 Å². The predicted molar refractivity (Wildman–Crippen MR) is 63.8 cm³/mol. The maximum absolute atomic E-state index is 8.47. The van der Waals surface area contributed by atoms with E-state index in [0.717, 1.165) is 0 Å². The van der Waals surface area contributed by atoms with Crippen molar-refractivity contribution in [2.45, 2.75) is 11.1 Å². The zero-order valence-corrected chi connectivity index (χ0v) is 11.9. The molecule has 0 aliphatic rings. The molecule has 0 spiro atoms. The Morgan fingerprint density at radius 1 is 0.667 bits per heavy atom. The molecule has 1 radical (unpaired) electrons. The number of hydrogen-bond acceptors (Lipinski definition) is 7. The van der Waals surface area contributed by atoms with Gasteiger partial charge in [-0.2, -0.15) is 0 Å². The third-order valence-corrected chi connectivity index (χ3v) is 1.82. The van der Waals surface area contributed by atoms with Gasteiger partial charge < -0.3 is 42.1 Å². The molecule has 21 heavy (non-hydrogen) atoms. The van der Waals surface area contributed by atoms with Gasteiger partial charge >= 0.3 is 22.2 Å². The van der Waals surface area contributed by atoms with Crippen LogP contribution in [0.2, 0.25) is 0 Å². The van der Waals surface area contributed by atoms with Crippen LogP contribution in [0, 0.1) is 4.91 Å². The summed E-state index contributed by atoms with van der Waals surface area (Å²) in [6.45, 7) is -3.08. The Labute approximate surface area is 131 Å². The molecule has 0 aliphatic carbocycles. The van der Waals surface area contributed by atoms with Gasteiger partial charge in [0, 0.05) is 39.6 Å². The molecule has 12 nitrogen and oxygen atoms in total. The van der Waals surface area contributed by atoms with E-state index in [1.807, 2.05) is 0 Å². The Balaban J connectivity index is -0.000000107. The van der Waals surface area contributed by atoms with Crippen LogP contribution in [0.5, 0.6) is 0 Å². The van der Waals surface area contributed by atoms with Crippen molar-refractivity contribution in [3.8, 4) is 0 Å². The van der Waals surface area contributed by atoms with E-state index in [9.17, 15) is 0 Å². The summed E-state index contributed by atoms with van der Waals surface area (Å²) in [7, 11) is 0. The first kappa shape index (κ1) is 28.5. The molecule has 0 bridgehead atoms. The van der Waals surface area contributed by atoms with Gasteiger partial charge in [-0.3, -0.25) is 0 Å². The van der Waals surface area contributed by atoms with Crippen LogP contribution in [0.25, 0.3) is 11.5 Å². The molecule has 133 valence electrons. The van der Waals surface area contributed by atoms with E-state index < -0.39 is 55.8 Å². The van der Waals surface area contributed by atoms with Crippen LogP contribution in [0.15, 0.2) is 0 Å². The van der Waals surface area contributed by atoms with E-state index in [0.29, 0.717) is 0 Å². The third-order valence-electron chi connectivity index (χ3n) is 1.82. The third kappa shape index (κ3) is 19.4. The minimum Gasteiger partial charge on any atom is -0.666 e. The number of aliphatic hydroxyl groups is 6. The summed E-state index contributed by atoms with van der Waals surface area (Å²) >= 11 is 0. The number of nitrogens with one attached hydrogen (secondary N) is 2. The van der Waals surface area contributed by atoms with E-state index in [2.05, 4.69) is 0 Å². The first-order valence-electron chi connectivity index (χ1n) is 5.10. The minimum atomic E-state index is -1.46. The molecular weight excluding hydrogens is 346 g/mol. The Hall–Kier alpha value is -0.601. The summed E-state index contributed by atoms with van der Waals surface area (Å²) in [6, 6.07) is 0. The fourth-order valence-electron chi connectivity index (χ4n) is 0.300. The summed E-state index contributed by atoms with van der Waals surface area (Å²) in [5, 5.41) is 62.2. The van der Waals surface area contributed by atoms with E-state index in [1.165, 1.54) is 0 Å². The van der Waals surface area contributed by atoms with Crippen LogP contribution in [-0.2, 0) is 17.1 Å². The van der Waals surface area contributed by atoms with Crippen LogP contribution in [0.3, 0.4) is 0 Å². The number of aliphatic hydroxyl groups excluding tert-OH is 6. The molecule has 0 aromatic heterocycles. The fourth-order valence-corrected chi connectivity index (χ4v) is 0.300. The zero-order chi connectivity index (χ0) is 16.8. The number of hydrogen-bond donors (Lipinski definition) is 8. The molecule has 0 heterocycles. The molecule has 0 atom stereocenters. The van der Waals surface area contributed by atoms with Crippen molar-refractivity contribution in [3.63, 3.8) is 0 Å². The van der Waals surface area contributed by atoms with Crippen LogP contribution in [0.1, 0.15) is 0 Å².